The number of aromatic carboxylic acids is 1. The lowest BCUT2D eigenvalue weighted by molar-refractivity contribution is -0.121. The number of nitrogens with one attached hydrogen (secondary N) is 1. The van der Waals surface area contributed by atoms with Gasteiger partial charge in [0, 0.05) is 24.9 Å². The highest BCUT2D eigenvalue weighted by atomic mass is 16.5. The zero-order valence-electron chi connectivity index (χ0n) is 16.5. The summed E-state index contributed by atoms with van der Waals surface area (Å²) >= 11 is 0. The van der Waals surface area contributed by atoms with E-state index in [2.05, 4.69) is 5.32 Å². The molecule has 3 rings (SSSR count). The monoisotopic (exact) mass is 395 g/mol. The van der Waals surface area contributed by atoms with Gasteiger partial charge in [0.25, 0.3) is 0 Å². The number of rotatable bonds is 9. The number of carboxylic acids is 1. The van der Waals surface area contributed by atoms with Crippen molar-refractivity contribution in [3.63, 3.8) is 0 Å². The van der Waals surface area contributed by atoms with Crippen LogP contribution in [0.5, 0.6) is 5.75 Å². The van der Waals surface area contributed by atoms with Crippen LogP contribution >= 0.6 is 0 Å². The van der Waals surface area contributed by atoms with Crippen molar-refractivity contribution in [2.45, 2.75) is 38.5 Å². The van der Waals surface area contributed by atoms with Crippen LogP contribution in [0.15, 0.2) is 36.4 Å². The van der Waals surface area contributed by atoms with E-state index < -0.39 is 5.97 Å². The number of ether oxygens (including phenoxy) is 1. The minimum absolute atomic E-state index is 0.0132. The van der Waals surface area contributed by atoms with E-state index in [1.807, 2.05) is 18.2 Å². The molecule has 0 heterocycles. The smallest absolute Gasteiger partial charge is 0.335 e. The SMILES string of the molecule is COc1cc(C(=O)O)ccc1CCNC(=O)CCC(=O)c1ccc2c(c1)CCC2. The molecule has 1 aliphatic carbocycles. The molecule has 2 N–H and O–H groups in total. The van der Waals surface area contributed by atoms with Crippen LogP contribution < -0.4 is 10.1 Å². The van der Waals surface area contributed by atoms with Gasteiger partial charge in [-0.15, -0.1) is 0 Å². The maximum absolute atomic E-state index is 12.4. The predicted molar refractivity (Wildman–Crippen MR) is 109 cm³/mol. The number of carboxylic acid groups (broad SMARTS) is 1. The third-order valence-electron chi connectivity index (χ3n) is 5.25. The molecular formula is C23H25NO5. The van der Waals surface area contributed by atoms with Crippen molar-refractivity contribution >= 4 is 17.7 Å². The van der Waals surface area contributed by atoms with Crippen molar-refractivity contribution in [2.24, 2.45) is 0 Å². The zero-order chi connectivity index (χ0) is 20.8. The van der Waals surface area contributed by atoms with Crippen molar-refractivity contribution in [1.82, 2.24) is 5.32 Å². The molecule has 6 heteroatoms. The molecule has 29 heavy (non-hydrogen) atoms. The quantitative estimate of drug-likeness (QED) is 0.636. The van der Waals surface area contributed by atoms with Gasteiger partial charge >= 0.3 is 5.97 Å². The van der Waals surface area contributed by atoms with Crippen LogP contribution in [0, 0.1) is 0 Å². The van der Waals surface area contributed by atoms with Crippen LogP contribution in [0.1, 0.15) is 56.7 Å². The van der Waals surface area contributed by atoms with Crippen molar-refractivity contribution in [1.29, 1.82) is 0 Å². The Labute approximate surface area is 169 Å². The number of aryl methyl sites for hydroxylation is 2. The first-order chi connectivity index (χ1) is 14.0. The normalized spacial score (nSPS) is 12.3. The number of methoxy groups -OCH3 is 1. The fraction of sp³-hybridized carbons (Fsp3) is 0.348. The molecule has 1 aliphatic rings. The number of amides is 1. The van der Waals surface area contributed by atoms with E-state index in [-0.39, 0.29) is 30.1 Å². The van der Waals surface area contributed by atoms with E-state index in [9.17, 15) is 14.4 Å². The van der Waals surface area contributed by atoms with Crippen LogP contribution in [-0.4, -0.2) is 36.4 Å². The summed E-state index contributed by atoms with van der Waals surface area (Å²) in [4.78, 5) is 35.5. The van der Waals surface area contributed by atoms with Crippen molar-refractivity contribution < 1.29 is 24.2 Å². The van der Waals surface area contributed by atoms with E-state index in [0.717, 1.165) is 24.8 Å². The van der Waals surface area contributed by atoms with E-state index >= 15 is 0 Å². The van der Waals surface area contributed by atoms with Crippen LogP contribution in [-0.2, 0) is 24.1 Å². The van der Waals surface area contributed by atoms with Gasteiger partial charge in [0.15, 0.2) is 5.78 Å². The Kier molecular flexibility index (Phi) is 6.65. The Bertz CT molecular complexity index is 935. The summed E-state index contributed by atoms with van der Waals surface area (Å²) in [5.41, 5.74) is 4.22. The average Bonchev–Trinajstić information content (AvgIpc) is 3.19. The van der Waals surface area contributed by atoms with Gasteiger partial charge in [-0.3, -0.25) is 9.59 Å². The molecule has 6 nitrogen and oxygen atoms in total. The molecule has 0 saturated carbocycles. The maximum Gasteiger partial charge on any atom is 0.335 e. The van der Waals surface area contributed by atoms with E-state index in [0.29, 0.717) is 24.3 Å². The molecule has 2 aromatic rings. The molecule has 0 aromatic heterocycles. The van der Waals surface area contributed by atoms with Crippen molar-refractivity contribution in [3.8, 4) is 5.75 Å². The molecule has 0 atom stereocenters. The average molecular weight is 395 g/mol. The summed E-state index contributed by atoms with van der Waals surface area (Å²) in [5.74, 6) is -0.733. The van der Waals surface area contributed by atoms with Crippen molar-refractivity contribution in [3.05, 3.63) is 64.2 Å². The number of carbonyl (C=O) groups excluding carboxylic acids is 2. The van der Waals surface area contributed by atoms with Crippen LogP contribution in [0.4, 0.5) is 0 Å². The van der Waals surface area contributed by atoms with E-state index in [1.165, 1.54) is 30.4 Å². The first-order valence-corrected chi connectivity index (χ1v) is 9.80. The highest BCUT2D eigenvalue weighted by Crippen LogP contribution is 2.23. The fourth-order valence-electron chi connectivity index (χ4n) is 3.63. The molecule has 0 spiro atoms. The molecule has 0 bridgehead atoms. The third kappa shape index (κ3) is 5.22. The molecule has 2 aromatic carbocycles. The number of carbonyl (C=O) groups is 3. The lowest BCUT2D eigenvalue weighted by atomic mass is 10.0. The van der Waals surface area contributed by atoms with Gasteiger partial charge in [0.1, 0.15) is 5.75 Å². The summed E-state index contributed by atoms with van der Waals surface area (Å²) < 4.78 is 5.23. The van der Waals surface area contributed by atoms with E-state index in [1.54, 1.807) is 6.07 Å². The van der Waals surface area contributed by atoms with Crippen LogP contribution in [0.25, 0.3) is 0 Å². The first kappa shape index (κ1) is 20.6. The highest BCUT2D eigenvalue weighted by molar-refractivity contribution is 5.98. The third-order valence-corrected chi connectivity index (χ3v) is 5.25. The molecule has 152 valence electrons. The van der Waals surface area contributed by atoms with Crippen molar-refractivity contribution in [2.75, 3.05) is 13.7 Å². The van der Waals surface area contributed by atoms with Gasteiger partial charge in [-0.2, -0.15) is 0 Å². The van der Waals surface area contributed by atoms with Gasteiger partial charge in [-0.25, -0.2) is 4.79 Å². The first-order valence-electron chi connectivity index (χ1n) is 9.80. The molecule has 0 saturated heterocycles. The Morgan fingerprint density at radius 1 is 1.00 bits per heavy atom. The highest BCUT2D eigenvalue weighted by Gasteiger charge is 2.15. The number of benzene rings is 2. The maximum atomic E-state index is 12.4. The van der Waals surface area contributed by atoms with Crippen LogP contribution in [0.3, 0.4) is 0 Å². The Balaban J connectivity index is 1.45. The second-order valence-electron chi connectivity index (χ2n) is 7.19. The molecule has 0 aliphatic heterocycles. The molecule has 0 radical (unpaired) electrons. The summed E-state index contributed by atoms with van der Waals surface area (Å²) in [6.45, 7) is 0.384. The zero-order valence-corrected chi connectivity index (χ0v) is 16.5. The van der Waals surface area contributed by atoms with Gasteiger partial charge in [0.2, 0.25) is 5.91 Å². The molecule has 1 amide bonds. The van der Waals surface area contributed by atoms with Gasteiger partial charge in [-0.1, -0.05) is 18.2 Å². The predicted octanol–water partition coefficient (Wildman–Crippen LogP) is 3.20. The van der Waals surface area contributed by atoms with Crippen LogP contribution in [0.2, 0.25) is 0 Å². The summed E-state index contributed by atoms with van der Waals surface area (Å²) in [5, 5.41) is 11.8. The van der Waals surface area contributed by atoms with Gasteiger partial charge in [-0.05, 0) is 60.6 Å². The van der Waals surface area contributed by atoms with E-state index in [4.69, 9.17) is 9.84 Å². The summed E-state index contributed by atoms with van der Waals surface area (Å²) in [7, 11) is 1.48. The number of fused-ring (bicyclic) bond motifs is 1. The minimum Gasteiger partial charge on any atom is -0.496 e. The fourth-order valence-corrected chi connectivity index (χ4v) is 3.63. The number of ketones is 1. The Morgan fingerprint density at radius 3 is 2.52 bits per heavy atom. The Hall–Kier alpha value is -3.15. The Morgan fingerprint density at radius 2 is 1.76 bits per heavy atom. The summed E-state index contributed by atoms with van der Waals surface area (Å²) in [6, 6.07) is 10.5. The summed E-state index contributed by atoms with van der Waals surface area (Å²) in [6.07, 6.45) is 4.07. The second kappa shape index (κ2) is 9.37. The van der Waals surface area contributed by atoms with Gasteiger partial charge in [0.05, 0.1) is 12.7 Å². The van der Waals surface area contributed by atoms with Gasteiger partial charge < -0.3 is 15.2 Å². The second-order valence-corrected chi connectivity index (χ2v) is 7.19. The number of Topliss-reactive ketones (excluding diaryl/α,β-unsaturated/α-hetero) is 1. The molecular weight excluding hydrogens is 370 g/mol. The lowest BCUT2D eigenvalue weighted by Gasteiger charge is -2.10. The number of hydrogen-bond donors (Lipinski definition) is 2. The largest absolute Gasteiger partial charge is 0.496 e. The topological polar surface area (TPSA) is 92.7 Å². The lowest BCUT2D eigenvalue weighted by Crippen LogP contribution is -2.26. The standard InChI is InChI=1S/C23H25NO5/c1-29-21-14-19(23(27)28)8-6-16(21)11-12-24-22(26)10-9-20(25)18-7-5-15-3-2-4-17(15)13-18/h5-8,13-14H,2-4,9-12H2,1H3,(H,24,26)(H,27,28). The minimum atomic E-state index is -1.02. The number of hydrogen-bond acceptors (Lipinski definition) is 4. The molecule has 0 unspecified atom stereocenters. The molecule has 0 fully saturated rings.